The molecule has 296 valence electrons. The van der Waals surface area contributed by atoms with Crippen LogP contribution in [0.25, 0.3) is 11.1 Å². The Bertz CT molecular complexity index is 1940. The molecule has 5 N–H and O–H groups in total. The molecule has 4 aromatic carbocycles. The fourth-order valence-electron chi connectivity index (χ4n) is 7.19. The second-order valence-electron chi connectivity index (χ2n) is 15.6. The number of nitrogens with two attached hydrogens (primary N) is 1. The highest BCUT2D eigenvalue weighted by Crippen LogP contribution is 2.39. The number of aliphatic hydroxyl groups is 1. The largest absolute Gasteiger partial charge is 0.459 e. The number of hydrogen-bond acceptors (Lipinski definition) is 9. The van der Waals surface area contributed by atoms with Crippen LogP contribution < -0.4 is 16.4 Å². The Morgan fingerprint density at radius 2 is 1.59 bits per heavy atom. The van der Waals surface area contributed by atoms with Gasteiger partial charge in [0.2, 0.25) is 11.8 Å². The van der Waals surface area contributed by atoms with Crippen molar-refractivity contribution in [1.29, 1.82) is 0 Å². The molecule has 0 aromatic heterocycles. The Morgan fingerprint density at radius 1 is 0.857 bits per heavy atom. The van der Waals surface area contributed by atoms with Crippen LogP contribution in [-0.4, -0.2) is 58.6 Å². The Hall–Kier alpha value is -5.07. The topological polar surface area (TPSA) is 152 Å². The minimum atomic E-state index is -0.628. The van der Waals surface area contributed by atoms with Crippen LogP contribution in [0.5, 0.6) is 0 Å². The highest BCUT2D eigenvalue weighted by Gasteiger charge is 2.39. The minimum absolute atomic E-state index is 0.0287. The molecule has 2 saturated heterocycles. The van der Waals surface area contributed by atoms with Gasteiger partial charge in [-0.05, 0) is 92.6 Å². The second-order valence-corrected chi connectivity index (χ2v) is 15.6. The number of nitrogens with zero attached hydrogens (tertiary/aromatic N) is 1. The van der Waals surface area contributed by atoms with Crippen LogP contribution in [0.3, 0.4) is 0 Å². The maximum Gasteiger partial charge on any atom is 0.323 e. The zero-order valence-electron chi connectivity index (χ0n) is 32.5. The van der Waals surface area contributed by atoms with Crippen molar-refractivity contribution in [3.8, 4) is 11.1 Å². The molecule has 0 radical (unpaired) electrons. The molecule has 0 aliphatic carbocycles. The lowest BCUT2D eigenvalue weighted by molar-refractivity contribution is -0.253. The fraction of sp³-hybridized carbons (Fsp3) is 0.400. The molecular weight excluding hydrogens is 709 g/mol. The molecule has 0 spiro atoms. The molecule has 56 heavy (non-hydrogen) atoms. The van der Waals surface area contributed by atoms with Crippen LogP contribution in [0.15, 0.2) is 97.1 Å². The highest BCUT2D eigenvalue weighted by atomic mass is 16.7. The van der Waals surface area contributed by atoms with Crippen molar-refractivity contribution in [2.45, 2.75) is 103 Å². The zero-order chi connectivity index (χ0) is 39.7. The molecule has 11 nitrogen and oxygen atoms in total. The smallest absolute Gasteiger partial charge is 0.323 e. The summed E-state index contributed by atoms with van der Waals surface area (Å²) in [5.41, 5.74) is 12.1. The third-order valence-corrected chi connectivity index (χ3v) is 10.1. The molecule has 6 rings (SSSR count). The van der Waals surface area contributed by atoms with E-state index in [2.05, 4.69) is 21.6 Å². The first-order chi connectivity index (χ1) is 26.9. The van der Waals surface area contributed by atoms with E-state index in [1.807, 2.05) is 87.5 Å². The summed E-state index contributed by atoms with van der Waals surface area (Å²) in [6, 6.07) is 30.7. The normalized spacial score (nSPS) is 20.0. The van der Waals surface area contributed by atoms with Gasteiger partial charge in [0.05, 0.1) is 30.2 Å². The molecular formula is C45H54N4O7. The number of carbonyl (C=O) groups excluding carboxylic acids is 3. The Balaban J connectivity index is 1.07. The number of hydrogen-bond donors (Lipinski definition) is 4. The predicted molar refractivity (Wildman–Crippen MR) is 216 cm³/mol. The van der Waals surface area contributed by atoms with Crippen LogP contribution >= 0.6 is 0 Å². The summed E-state index contributed by atoms with van der Waals surface area (Å²) < 4.78 is 19.0. The molecule has 2 amide bonds. The Kier molecular flexibility index (Phi) is 13.6. The molecule has 2 aliphatic rings. The zero-order valence-corrected chi connectivity index (χ0v) is 32.5. The predicted octanol–water partition coefficient (Wildman–Crippen LogP) is 7.20. The van der Waals surface area contributed by atoms with Crippen LogP contribution in [-0.2, 0) is 41.7 Å². The van der Waals surface area contributed by atoms with Gasteiger partial charge in [-0.2, -0.15) is 0 Å². The highest BCUT2D eigenvalue weighted by molar-refractivity contribution is 5.94. The number of nitrogens with one attached hydrogen (secondary N) is 2. The maximum atomic E-state index is 13.1. The van der Waals surface area contributed by atoms with Crippen LogP contribution in [0.4, 0.5) is 11.4 Å². The third kappa shape index (κ3) is 11.3. The SMILES string of the molecule is CC(C)(C)OC(=O)[C@@H]1CCCN1C[C@H]1C[C@@H](c2ccc(CO)cc2)O[C@@H](c2ccc(-c3cccc(CNC(=O)CCCC(=O)Nc4ccccc4N)c3)cc2)O1. The molecule has 2 heterocycles. The van der Waals surface area contributed by atoms with Crippen molar-refractivity contribution in [3.05, 3.63) is 119 Å². The fourth-order valence-corrected chi connectivity index (χ4v) is 7.19. The quantitative estimate of drug-likeness (QED) is 0.0772. The van der Waals surface area contributed by atoms with Crippen molar-refractivity contribution in [3.63, 3.8) is 0 Å². The Morgan fingerprint density at radius 3 is 2.32 bits per heavy atom. The van der Waals surface area contributed by atoms with Gasteiger partial charge in [-0.15, -0.1) is 0 Å². The lowest BCUT2D eigenvalue weighted by Gasteiger charge is -2.38. The number of amides is 2. The third-order valence-electron chi connectivity index (χ3n) is 10.1. The molecule has 0 unspecified atom stereocenters. The van der Waals surface area contributed by atoms with Gasteiger partial charge in [-0.3, -0.25) is 19.3 Å². The molecule has 0 bridgehead atoms. The standard InChI is InChI=1S/C45H54N4O7/c1-45(2,3)56-43(53)39-13-8-24-49(39)28-36-26-40(33-18-16-30(29-50)17-19-33)55-44(54-36)34-22-20-32(21-23-34)35-10-6-9-31(25-35)27-47-41(51)14-7-15-42(52)48-38-12-5-4-11-37(38)46/h4-6,9-12,16-23,25,36,39-40,44,50H,7-8,13-15,24,26-29,46H2,1-3H3,(H,47,51)(H,48,52)/t36-,39+,40+,44+/m1/s1. The second kappa shape index (κ2) is 18.7. The average Bonchev–Trinajstić information content (AvgIpc) is 3.66. The summed E-state index contributed by atoms with van der Waals surface area (Å²) in [6.45, 7) is 7.40. The van der Waals surface area contributed by atoms with E-state index in [0.717, 1.165) is 52.8 Å². The van der Waals surface area contributed by atoms with Crippen molar-refractivity contribution < 1.29 is 33.7 Å². The van der Waals surface area contributed by atoms with Crippen molar-refractivity contribution in [2.24, 2.45) is 0 Å². The van der Waals surface area contributed by atoms with Gasteiger partial charge >= 0.3 is 5.97 Å². The van der Waals surface area contributed by atoms with E-state index in [9.17, 15) is 19.5 Å². The van der Waals surface area contributed by atoms with Gasteiger partial charge in [0.15, 0.2) is 6.29 Å². The van der Waals surface area contributed by atoms with Crippen molar-refractivity contribution >= 4 is 29.2 Å². The summed E-state index contributed by atoms with van der Waals surface area (Å²) in [5, 5.41) is 15.4. The van der Waals surface area contributed by atoms with E-state index in [4.69, 9.17) is 19.9 Å². The van der Waals surface area contributed by atoms with Crippen molar-refractivity contribution in [2.75, 3.05) is 24.1 Å². The summed E-state index contributed by atoms with van der Waals surface area (Å²) in [7, 11) is 0. The molecule has 0 saturated carbocycles. The monoisotopic (exact) mass is 762 g/mol. The maximum absolute atomic E-state index is 13.1. The first-order valence-corrected chi connectivity index (χ1v) is 19.5. The van der Waals surface area contributed by atoms with Gasteiger partial charge < -0.3 is 35.7 Å². The van der Waals surface area contributed by atoms with Gasteiger partial charge in [0, 0.05) is 37.9 Å². The molecule has 11 heteroatoms. The van der Waals surface area contributed by atoms with Gasteiger partial charge in [-0.1, -0.05) is 78.9 Å². The number of rotatable bonds is 14. The number of anilines is 2. The number of ether oxygens (including phenoxy) is 3. The van der Waals surface area contributed by atoms with E-state index in [0.29, 0.717) is 37.3 Å². The van der Waals surface area contributed by atoms with Crippen LogP contribution in [0.1, 0.15) is 93.9 Å². The van der Waals surface area contributed by atoms with E-state index < -0.39 is 11.9 Å². The first-order valence-electron chi connectivity index (χ1n) is 19.5. The summed E-state index contributed by atoms with van der Waals surface area (Å²) in [6.07, 6.45) is 2.11. The number of para-hydroxylation sites is 2. The number of esters is 1. The lowest BCUT2D eigenvalue weighted by atomic mass is 9.98. The van der Waals surface area contributed by atoms with Gasteiger partial charge in [-0.25, -0.2) is 0 Å². The number of likely N-dealkylation sites (tertiary alicyclic amines) is 1. The summed E-state index contributed by atoms with van der Waals surface area (Å²) in [5.74, 6) is -0.492. The Labute approximate surface area is 329 Å². The number of aliphatic hydroxyl groups excluding tert-OH is 1. The van der Waals surface area contributed by atoms with Crippen LogP contribution in [0, 0.1) is 0 Å². The number of benzene rings is 4. The molecule has 4 aromatic rings. The van der Waals surface area contributed by atoms with Crippen molar-refractivity contribution in [1.82, 2.24) is 10.2 Å². The van der Waals surface area contributed by atoms with Gasteiger partial charge in [0.25, 0.3) is 0 Å². The van der Waals surface area contributed by atoms with Crippen LogP contribution in [0.2, 0.25) is 0 Å². The first kappa shape index (κ1) is 40.6. The van der Waals surface area contributed by atoms with Gasteiger partial charge in [0.1, 0.15) is 11.6 Å². The number of carbonyl (C=O) groups is 3. The van der Waals surface area contributed by atoms with E-state index in [-0.39, 0.29) is 55.5 Å². The summed E-state index contributed by atoms with van der Waals surface area (Å²) in [4.78, 5) is 40.2. The summed E-state index contributed by atoms with van der Waals surface area (Å²) >= 11 is 0. The van der Waals surface area contributed by atoms with E-state index in [1.165, 1.54) is 0 Å². The molecule has 4 atom stereocenters. The average molecular weight is 763 g/mol. The molecule has 2 aliphatic heterocycles. The number of nitrogen functional groups attached to an aromatic ring is 1. The molecule has 2 fully saturated rings. The minimum Gasteiger partial charge on any atom is -0.459 e. The lowest BCUT2D eigenvalue weighted by Crippen LogP contribution is -2.45. The van der Waals surface area contributed by atoms with E-state index in [1.54, 1.807) is 24.3 Å². The van der Waals surface area contributed by atoms with E-state index >= 15 is 0 Å².